The van der Waals surface area contributed by atoms with Crippen LogP contribution in [0.25, 0.3) is 4.85 Å². The molecule has 140 valence electrons. The van der Waals surface area contributed by atoms with Gasteiger partial charge in [-0.1, -0.05) is 62.8 Å². The Labute approximate surface area is 180 Å². The van der Waals surface area contributed by atoms with E-state index in [1.807, 2.05) is 31.2 Å². The van der Waals surface area contributed by atoms with Crippen molar-refractivity contribution >= 4 is 62.5 Å². The number of nitrogens with zero attached hydrogens (tertiary/aromatic N) is 4. The molecule has 4 rings (SSSR count). The summed E-state index contributed by atoms with van der Waals surface area (Å²) in [4.78, 5) is 22.8. The quantitative estimate of drug-likeness (QED) is 0.427. The lowest BCUT2D eigenvalue weighted by Gasteiger charge is -2.25. The summed E-state index contributed by atoms with van der Waals surface area (Å²) in [7, 11) is 0. The van der Waals surface area contributed by atoms with Crippen molar-refractivity contribution in [2.24, 2.45) is 0 Å². The largest absolute Gasteiger partial charge is 0.359 e. The Kier molecular flexibility index (Phi) is 4.70. The maximum absolute atomic E-state index is 13.5. The summed E-state index contributed by atoms with van der Waals surface area (Å²) < 4.78 is 2.73. The van der Waals surface area contributed by atoms with Crippen molar-refractivity contribution in [3.05, 3.63) is 80.2 Å². The second kappa shape index (κ2) is 6.93. The minimum atomic E-state index is -0.937. The summed E-state index contributed by atoms with van der Waals surface area (Å²) in [6.07, 6.45) is 2.07. The van der Waals surface area contributed by atoms with Crippen LogP contribution < -0.4 is 4.90 Å². The molecule has 1 aromatic heterocycles. The van der Waals surface area contributed by atoms with Gasteiger partial charge in [-0.3, -0.25) is 9.36 Å². The molecule has 0 saturated heterocycles. The first-order valence-corrected chi connectivity index (χ1v) is 9.89. The third-order valence-corrected chi connectivity index (χ3v) is 5.72. The van der Waals surface area contributed by atoms with E-state index in [4.69, 9.17) is 29.8 Å². The van der Waals surface area contributed by atoms with Gasteiger partial charge in [-0.05, 0) is 42.8 Å². The summed E-state index contributed by atoms with van der Waals surface area (Å²) in [5, 5.41) is 0.834. The van der Waals surface area contributed by atoms with Crippen LogP contribution in [0.4, 0.5) is 17.5 Å². The van der Waals surface area contributed by atoms with Crippen LogP contribution in [0.2, 0.25) is 10.0 Å². The van der Waals surface area contributed by atoms with E-state index in [2.05, 4.69) is 25.8 Å². The number of rotatable bonds is 3. The Morgan fingerprint density at radius 2 is 1.82 bits per heavy atom. The molecule has 5 nitrogen and oxygen atoms in total. The fraction of sp³-hybridized carbons (Fsp3) is 0.150. The van der Waals surface area contributed by atoms with E-state index in [1.54, 1.807) is 29.0 Å². The normalized spacial score (nSPS) is 18.2. The van der Waals surface area contributed by atoms with Crippen molar-refractivity contribution in [1.29, 1.82) is 0 Å². The van der Waals surface area contributed by atoms with E-state index >= 15 is 0 Å². The van der Waals surface area contributed by atoms with E-state index in [9.17, 15) is 4.79 Å². The van der Waals surface area contributed by atoms with Gasteiger partial charge in [-0.2, -0.15) is 0 Å². The number of hydrogen-bond acceptors (Lipinski definition) is 2. The van der Waals surface area contributed by atoms with E-state index in [0.717, 1.165) is 10.0 Å². The summed E-state index contributed by atoms with van der Waals surface area (Å²) >= 11 is 15.7. The SMILES string of the molecule is [C-]#[N+]c1cn2c(n1)N(c1cc(Cl)cc(Cl)c1)C(=O)C2(C)Cc1ccc(Br)cc1. The van der Waals surface area contributed by atoms with Crippen molar-refractivity contribution < 1.29 is 4.79 Å². The molecule has 8 heteroatoms. The summed E-state index contributed by atoms with van der Waals surface area (Å²) in [6.45, 7) is 9.16. The molecule has 1 atom stereocenters. The summed E-state index contributed by atoms with van der Waals surface area (Å²) in [6, 6.07) is 12.7. The molecule has 1 unspecified atom stereocenters. The highest BCUT2D eigenvalue weighted by Gasteiger charge is 2.51. The fourth-order valence-corrected chi connectivity index (χ4v) is 4.21. The molecule has 3 aromatic rings. The minimum absolute atomic E-state index is 0.159. The highest BCUT2D eigenvalue weighted by molar-refractivity contribution is 9.10. The van der Waals surface area contributed by atoms with Gasteiger partial charge in [0.1, 0.15) is 5.54 Å². The highest BCUT2D eigenvalue weighted by Crippen LogP contribution is 2.43. The van der Waals surface area contributed by atoms with Gasteiger partial charge in [0.25, 0.3) is 11.7 Å². The zero-order chi connectivity index (χ0) is 20.1. The van der Waals surface area contributed by atoms with Crippen molar-refractivity contribution in [2.45, 2.75) is 18.9 Å². The Hall–Kier alpha value is -2.33. The van der Waals surface area contributed by atoms with Crippen molar-refractivity contribution in [1.82, 2.24) is 9.55 Å². The lowest BCUT2D eigenvalue weighted by molar-refractivity contribution is -0.123. The van der Waals surface area contributed by atoms with Gasteiger partial charge in [0.05, 0.1) is 5.69 Å². The van der Waals surface area contributed by atoms with Crippen LogP contribution in [0, 0.1) is 6.57 Å². The van der Waals surface area contributed by atoms with Crippen LogP contribution >= 0.6 is 39.1 Å². The first-order valence-electron chi connectivity index (χ1n) is 8.34. The van der Waals surface area contributed by atoms with Gasteiger partial charge in [0.2, 0.25) is 0 Å². The molecule has 0 saturated carbocycles. The van der Waals surface area contributed by atoms with Crippen LogP contribution in [0.1, 0.15) is 12.5 Å². The second-order valence-electron chi connectivity index (χ2n) is 6.73. The molecule has 1 amide bonds. The van der Waals surface area contributed by atoms with Crippen LogP contribution in [0.15, 0.2) is 53.1 Å². The zero-order valence-electron chi connectivity index (χ0n) is 14.7. The first-order chi connectivity index (χ1) is 13.3. The summed E-state index contributed by atoms with van der Waals surface area (Å²) in [5.74, 6) is 0.449. The molecule has 0 radical (unpaired) electrons. The fourth-order valence-electron chi connectivity index (χ4n) is 3.43. The van der Waals surface area contributed by atoms with Gasteiger partial charge < -0.3 is 4.85 Å². The Morgan fingerprint density at radius 3 is 2.43 bits per heavy atom. The number of amides is 1. The van der Waals surface area contributed by atoms with Crippen LogP contribution in [-0.4, -0.2) is 15.5 Å². The predicted molar refractivity (Wildman–Crippen MR) is 114 cm³/mol. The van der Waals surface area contributed by atoms with Crippen LogP contribution in [-0.2, 0) is 16.8 Å². The molecule has 0 fully saturated rings. The lowest BCUT2D eigenvalue weighted by atomic mass is 9.92. The molecular weight excluding hydrogens is 463 g/mol. The molecule has 2 heterocycles. The van der Waals surface area contributed by atoms with Gasteiger partial charge in [0.15, 0.2) is 0 Å². The van der Waals surface area contributed by atoms with Gasteiger partial charge >= 0.3 is 5.95 Å². The lowest BCUT2D eigenvalue weighted by Crippen LogP contribution is -2.40. The molecule has 28 heavy (non-hydrogen) atoms. The number of carbonyl (C=O) groups is 1. The number of aromatic nitrogens is 2. The first kappa shape index (κ1) is 19.0. The monoisotopic (exact) mass is 474 g/mol. The van der Waals surface area contributed by atoms with Crippen molar-refractivity contribution in [3.63, 3.8) is 0 Å². The van der Waals surface area contributed by atoms with Crippen LogP contribution in [0.3, 0.4) is 0 Å². The molecule has 0 N–H and O–H groups in total. The number of fused-ring (bicyclic) bond motifs is 1. The van der Waals surface area contributed by atoms with E-state index in [1.165, 1.54) is 4.90 Å². The Balaban J connectivity index is 1.85. The van der Waals surface area contributed by atoms with Gasteiger partial charge in [0, 0.05) is 27.1 Å². The number of imidazole rings is 1. The molecule has 0 spiro atoms. The maximum atomic E-state index is 13.5. The average molecular weight is 476 g/mol. The van der Waals surface area contributed by atoms with Gasteiger partial charge in [-0.15, -0.1) is 0 Å². The van der Waals surface area contributed by atoms with E-state index in [-0.39, 0.29) is 11.7 Å². The number of hydrogen-bond donors (Lipinski definition) is 0. The molecule has 0 aliphatic carbocycles. The number of halogens is 3. The minimum Gasteiger partial charge on any atom is -0.359 e. The molecule has 0 bridgehead atoms. The molecular formula is C20H13BrCl2N4O. The molecule has 1 aliphatic heterocycles. The standard InChI is InChI=1S/C20H13BrCl2N4O/c1-20(10-12-3-5-13(21)6-4-12)18(28)27(16-8-14(22)7-15(23)9-16)19-25-17(24-2)11-26(19)20/h3-9,11H,10H2,1H3. The third kappa shape index (κ3) is 3.10. The Bertz CT molecular complexity index is 1120. The second-order valence-corrected chi connectivity index (χ2v) is 8.51. The van der Waals surface area contributed by atoms with Crippen molar-refractivity contribution in [3.8, 4) is 0 Å². The Morgan fingerprint density at radius 1 is 1.18 bits per heavy atom. The van der Waals surface area contributed by atoms with E-state index < -0.39 is 5.54 Å². The molecule has 1 aliphatic rings. The average Bonchev–Trinajstić information content (AvgIpc) is 3.14. The maximum Gasteiger partial charge on any atom is 0.313 e. The number of anilines is 2. The summed E-state index contributed by atoms with van der Waals surface area (Å²) in [5.41, 5.74) is 0.577. The van der Waals surface area contributed by atoms with Crippen LogP contribution in [0.5, 0.6) is 0 Å². The smallest absolute Gasteiger partial charge is 0.313 e. The predicted octanol–water partition coefficient (Wildman–Crippen LogP) is 6.14. The topological polar surface area (TPSA) is 42.5 Å². The third-order valence-electron chi connectivity index (χ3n) is 4.75. The molecule has 2 aromatic carbocycles. The number of carbonyl (C=O) groups excluding carboxylic acids is 1. The number of benzene rings is 2. The van der Waals surface area contributed by atoms with Crippen molar-refractivity contribution in [2.75, 3.05) is 4.90 Å². The zero-order valence-corrected chi connectivity index (χ0v) is 17.8. The highest BCUT2D eigenvalue weighted by atomic mass is 79.9. The van der Waals surface area contributed by atoms with E-state index in [0.29, 0.717) is 28.1 Å². The van der Waals surface area contributed by atoms with Gasteiger partial charge in [-0.25, -0.2) is 4.90 Å².